The van der Waals surface area contributed by atoms with E-state index in [0.717, 1.165) is 0 Å². The lowest BCUT2D eigenvalue weighted by atomic mass is 10.2. The summed E-state index contributed by atoms with van der Waals surface area (Å²) in [5.74, 6) is 0. The highest BCUT2D eigenvalue weighted by Gasteiger charge is 2.29. The number of nitrogens with zero attached hydrogens (tertiary/aromatic N) is 1. The van der Waals surface area contributed by atoms with Crippen LogP contribution in [0.5, 0.6) is 0 Å². The molecule has 0 aromatic rings. The molecule has 0 aliphatic rings. The molecular formula is C5H11NO2S. The molecule has 0 bridgehead atoms. The molecule has 0 aromatic heterocycles. The van der Waals surface area contributed by atoms with Crippen molar-refractivity contribution in [3.05, 3.63) is 0 Å². The van der Waals surface area contributed by atoms with E-state index in [2.05, 4.69) is 0 Å². The largest absolute Gasteiger partial charge is 0.298 e. The molecule has 2 N–H and O–H groups in total. The van der Waals surface area contributed by atoms with Gasteiger partial charge in [-0.05, 0) is 13.8 Å². The fourth-order valence-corrected chi connectivity index (χ4v) is 0.259. The number of nitriles is 1. The molecule has 0 spiro atoms. The second-order valence-electron chi connectivity index (χ2n) is 2.46. The van der Waals surface area contributed by atoms with E-state index in [4.69, 9.17) is 14.4 Å². The summed E-state index contributed by atoms with van der Waals surface area (Å²) in [6, 6.07) is 1.82. The molecule has 0 rings (SSSR count). The van der Waals surface area contributed by atoms with Gasteiger partial charge in [0.1, 0.15) is 4.75 Å². The SMILES string of the molecule is CC(C)(C#N)S(C)(O)O. The van der Waals surface area contributed by atoms with Crippen LogP contribution in [0.3, 0.4) is 0 Å². The third-order valence-corrected chi connectivity index (χ3v) is 3.26. The number of hydrogen-bond donors (Lipinski definition) is 2. The predicted octanol–water partition coefficient (Wildman–Crippen LogP) is 1.67. The summed E-state index contributed by atoms with van der Waals surface area (Å²) >= 11 is 0. The molecule has 54 valence electrons. The predicted molar refractivity (Wildman–Crippen MR) is 38.5 cm³/mol. The van der Waals surface area contributed by atoms with Crippen molar-refractivity contribution in [1.82, 2.24) is 0 Å². The minimum absolute atomic E-state index is 1.02. The Morgan fingerprint density at radius 3 is 1.78 bits per heavy atom. The lowest BCUT2D eigenvalue weighted by molar-refractivity contribution is 0.471. The zero-order valence-corrected chi connectivity index (χ0v) is 6.57. The van der Waals surface area contributed by atoms with Crippen LogP contribution < -0.4 is 0 Å². The van der Waals surface area contributed by atoms with Gasteiger partial charge >= 0.3 is 0 Å². The standard InChI is InChI=1S/C5H11NO2S/c1-5(2,4-6)9(3,7)8/h7-8H,1-3H3. The second kappa shape index (κ2) is 2.18. The molecule has 4 heteroatoms. The summed E-state index contributed by atoms with van der Waals surface area (Å²) in [6.07, 6.45) is 1.27. The van der Waals surface area contributed by atoms with Gasteiger partial charge in [-0.2, -0.15) is 15.9 Å². The van der Waals surface area contributed by atoms with Crippen LogP contribution in [0.4, 0.5) is 0 Å². The van der Waals surface area contributed by atoms with Gasteiger partial charge in [-0.1, -0.05) is 0 Å². The normalized spacial score (nSPS) is 14.7. The maximum absolute atomic E-state index is 8.96. The average molecular weight is 149 g/mol. The van der Waals surface area contributed by atoms with Gasteiger partial charge in [0.15, 0.2) is 0 Å². The molecule has 0 heterocycles. The zero-order chi connectivity index (χ0) is 7.71. The van der Waals surface area contributed by atoms with E-state index >= 15 is 0 Å². The Bertz CT molecular complexity index is 142. The topological polar surface area (TPSA) is 64.2 Å². The minimum atomic E-state index is -2.71. The lowest BCUT2D eigenvalue weighted by Crippen LogP contribution is -2.24. The minimum Gasteiger partial charge on any atom is -0.298 e. The summed E-state index contributed by atoms with van der Waals surface area (Å²) in [7, 11) is -2.71. The van der Waals surface area contributed by atoms with Gasteiger partial charge in [-0.15, -0.1) is 0 Å². The fourth-order valence-electron chi connectivity index (χ4n) is 0.0865. The van der Waals surface area contributed by atoms with Crippen molar-refractivity contribution in [2.24, 2.45) is 0 Å². The Balaban J connectivity index is 4.39. The first-order chi connectivity index (χ1) is 3.81. The van der Waals surface area contributed by atoms with Crippen LogP contribution in [-0.2, 0) is 0 Å². The fraction of sp³-hybridized carbons (Fsp3) is 0.800. The van der Waals surface area contributed by atoms with E-state index in [9.17, 15) is 0 Å². The van der Waals surface area contributed by atoms with Gasteiger partial charge in [0.2, 0.25) is 0 Å². The van der Waals surface area contributed by atoms with Crippen LogP contribution in [0, 0.1) is 11.3 Å². The summed E-state index contributed by atoms with van der Waals surface area (Å²) in [5, 5.41) is 8.38. The van der Waals surface area contributed by atoms with Crippen LogP contribution in [0.15, 0.2) is 0 Å². The van der Waals surface area contributed by atoms with Crippen molar-refractivity contribution in [1.29, 1.82) is 5.26 Å². The van der Waals surface area contributed by atoms with Gasteiger partial charge in [0, 0.05) is 6.26 Å². The van der Waals surface area contributed by atoms with Gasteiger partial charge in [0.05, 0.1) is 6.07 Å². The van der Waals surface area contributed by atoms with Crippen LogP contribution in [0.25, 0.3) is 0 Å². The van der Waals surface area contributed by atoms with Crippen LogP contribution in [0.1, 0.15) is 13.8 Å². The molecule has 0 aromatic carbocycles. The molecule has 0 amide bonds. The Morgan fingerprint density at radius 2 is 1.78 bits per heavy atom. The highest BCUT2D eigenvalue weighted by Crippen LogP contribution is 2.47. The molecule has 0 saturated carbocycles. The molecule has 0 aliphatic carbocycles. The highest BCUT2D eigenvalue weighted by molar-refractivity contribution is 8.25. The Labute approximate surface area is 56.7 Å². The molecule has 0 aliphatic heterocycles. The zero-order valence-electron chi connectivity index (χ0n) is 5.75. The van der Waals surface area contributed by atoms with Crippen LogP contribution >= 0.6 is 10.6 Å². The summed E-state index contributed by atoms with van der Waals surface area (Å²) < 4.78 is 16.9. The first-order valence-corrected chi connectivity index (χ1v) is 4.41. The molecule has 0 atom stereocenters. The maximum Gasteiger partial charge on any atom is 0.139 e. The van der Waals surface area contributed by atoms with E-state index in [0.29, 0.717) is 0 Å². The Hall–Kier alpha value is -0.240. The molecule has 0 radical (unpaired) electrons. The Kier molecular flexibility index (Phi) is 2.12. The van der Waals surface area contributed by atoms with Crippen molar-refractivity contribution >= 4 is 10.6 Å². The van der Waals surface area contributed by atoms with Crippen molar-refractivity contribution in [2.45, 2.75) is 18.6 Å². The lowest BCUT2D eigenvalue weighted by Gasteiger charge is -2.37. The monoisotopic (exact) mass is 149 g/mol. The smallest absolute Gasteiger partial charge is 0.139 e. The quantitative estimate of drug-likeness (QED) is 0.596. The van der Waals surface area contributed by atoms with E-state index in [1.807, 2.05) is 6.07 Å². The number of hydrogen-bond acceptors (Lipinski definition) is 3. The van der Waals surface area contributed by atoms with Crippen LogP contribution in [0.2, 0.25) is 0 Å². The summed E-state index contributed by atoms with van der Waals surface area (Å²) in [5.41, 5.74) is 0. The average Bonchev–Trinajstić information content (AvgIpc) is 1.64. The molecule has 0 unspecified atom stereocenters. The first-order valence-electron chi connectivity index (χ1n) is 2.45. The van der Waals surface area contributed by atoms with E-state index < -0.39 is 15.3 Å². The molecule has 3 nitrogen and oxygen atoms in total. The van der Waals surface area contributed by atoms with Gasteiger partial charge in [-0.3, -0.25) is 9.11 Å². The summed E-state index contributed by atoms with van der Waals surface area (Å²) in [6.45, 7) is 3.00. The second-order valence-corrected chi connectivity index (χ2v) is 5.14. The number of rotatable bonds is 1. The van der Waals surface area contributed by atoms with Crippen molar-refractivity contribution in [2.75, 3.05) is 6.26 Å². The van der Waals surface area contributed by atoms with Gasteiger partial charge < -0.3 is 0 Å². The van der Waals surface area contributed by atoms with Crippen molar-refractivity contribution in [3.8, 4) is 6.07 Å². The molecule has 9 heavy (non-hydrogen) atoms. The first kappa shape index (κ1) is 8.76. The van der Waals surface area contributed by atoms with E-state index in [1.54, 1.807) is 0 Å². The maximum atomic E-state index is 8.96. The van der Waals surface area contributed by atoms with Crippen LogP contribution in [-0.4, -0.2) is 20.1 Å². The highest BCUT2D eigenvalue weighted by atomic mass is 32.3. The van der Waals surface area contributed by atoms with Crippen molar-refractivity contribution < 1.29 is 9.11 Å². The third kappa shape index (κ3) is 1.86. The molecular weight excluding hydrogens is 138 g/mol. The van der Waals surface area contributed by atoms with E-state index in [-0.39, 0.29) is 0 Å². The molecule has 0 saturated heterocycles. The van der Waals surface area contributed by atoms with Gasteiger partial charge in [-0.25, -0.2) is 0 Å². The molecule has 0 fully saturated rings. The Morgan fingerprint density at radius 1 is 1.44 bits per heavy atom. The summed E-state index contributed by atoms with van der Waals surface area (Å²) in [4.78, 5) is 0. The van der Waals surface area contributed by atoms with E-state index in [1.165, 1.54) is 20.1 Å². The van der Waals surface area contributed by atoms with Gasteiger partial charge in [0.25, 0.3) is 0 Å². The van der Waals surface area contributed by atoms with Crippen molar-refractivity contribution in [3.63, 3.8) is 0 Å². The third-order valence-electron chi connectivity index (χ3n) is 1.24.